The zero-order chi connectivity index (χ0) is 14.6. The van der Waals surface area contributed by atoms with Gasteiger partial charge in [-0.1, -0.05) is 6.07 Å². The molecule has 2 N–H and O–H groups in total. The van der Waals surface area contributed by atoms with Crippen LogP contribution in [-0.4, -0.2) is 56.6 Å². The third kappa shape index (κ3) is 3.53. The largest absolute Gasteiger partial charge is 0.332 e. The lowest BCUT2D eigenvalue weighted by Gasteiger charge is -2.36. The number of hydrogen-bond donors (Lipinski definition) is 2. The van der Waals surface area contributed by atoms with Crippen LogP contribution < -0.4 is 10.0 Å². The Kier molecular flexibility index (Phi) is 4.69. The summed E-state index contributed by atoms with van der Waals surface area (Å²) in [6, 6.07) is 3.51. The van der Waals surface area contributed by atoms with E-state index in [0.717, 1.165) is 5.56 Å². The van der Waals surface area contributed by atoms with Crippen LogP contribution in [0.2, 0.25) is 0 Å². The van der Waals surface area contributed by atoms with Gasteiger partial charge in [-0.2, -0.15) is 0 Å². The number of nitrogens with zero attached hydrogens (tertiary/aromatic N) is 2. The molecule has 20 heavy (non-hydrogen) atoms. The summed E-state index contributed by atoms with van der Waals surface area (Å²) in [5, 5.41) is 3.21. The average molecular weight is 298 g/mol. The van der Waals surface area contributed by atoms with Crippen LogP contribution in [0.4, 0.5) is 0 Å². The SMILES string of the molecule is CNS(=O)(=O)CC(=O)N1CCNCC1c1cccnc1. The molecule has 0 saturated carbocycles. The van der Waals surface area contributed by atoms with Gasteiger partial charge >= 0.3 is 0 Å². The fourth-order valence-corrected chi connectivity index (χ4v) is 2.83. The molecule has 1 saturated heterocycles. The molecular formula is C12H18N4O3S. The highest BCUT2D eigenvalue weighted by Crippen LogP contribution is 2.21. The van der Waals surface area contributed by atoms with Gasteiger partial charge in [0.2, 0.25) is 15.9 Å². The molecule has 8 heteroatoms. The summed E-state index contributed by atoms with van der Waals surface area (Å²) < 4.78 is 25.2. The van der Waals surface area contributed by atoms with E-state index in [2.05, 4.69) is 15.0 Å². The minimum Gasteiger partial charge on any atom is -0.332 e. The van der Waals surface area contributed by atoms with E-state index in [4.69, 9.17) is 0 Å². The smallest absolute Gasteiger partial charge is 0.239 e. The molecule has 110 valence electrons. The van der Waals surface area contributed by atoms with Gasteiger partial charge in [-0.05, 0) is 18.7 Å². The Balaban J connectivity index is 2.17. The second kappa shape index (κ2) is 6.29. The lowest BCUT2D eigenvalue weighted by atomic mass is 10.1. The van der Waals surface area contributed by atoms with Crippen molar-refractivity contribution in [1.82, 2.24) is 19.9 Å². The number of nitrogens with one attached hydrogen (secondary N) is 2. The Morgan fingerprint density at radius 2 is 2.40 bits per heavy atom. The molecule has 1 aromatic heterocycles. The number of sulfonamides is 1. The van der Waals surface area contributed by atoms with Crippen molar-refractivity contribution in [2.75, 3.05) is 32.4 Å². The predicted molar refractivity (Wildman–Crippen MR) is 74.4 cm³/mol. The van der Waals surface area contributed by atoms with Gasteiger partial charge in [0.15, 0.2) is 0 Å². The summed E-state index contributed by atoms with van der Waals surface area (Å²) in [4.78, 5) is 17.9. The van der Waals surface area contributed by atoms with Crippen LogP contribution >= 0.6 is 0 Å². The molecule has 2 heterocycles. The molecule has 1 atom stereocenters. The molecule has 1 amide bonds. The molecule has 0 aliphatic carbocycles. The second-order valence-corrected chi connectivity index (χ2v) is 6.48. The maximum absolute atomic E-state index is 12.2. The molecule has 1 fully saturated rings. The minimum atomic E-state index is -3.55. The second-order valence-electron chi connectivity index (χ2n) is 4.56. The Labute approximate surface area is 118 Å². The number of aromatic nitrogens is 1. The van der Waals surface area contributed by atoms with E-state index < -0.39 is 21.7 Å². The number of pyridine rings is 1. The number of carbonyl (C=O) groups is 1. The summed E-state index contributed by atoms with van der Waals surface area (Å²) in [5.41, 5.74) is 0.898. The monoisotopic (exact) mass is 298 g/mol. The van der Waals surface area contributed by atoms with E-state index in [1.165, 1.54) is 7.05 Å². The van der Waals surface area contributed by atoms with Crippen molar-refractivity contribution < 1.29 is 13.2 Å². The molecule has 1 aliphatic heterocycles. The van der Waals surface area contributed by atoms with E-state index in [1.807, 2.05) is 6.07 Å². The quantitative estimate of drug-likeness (QED) is 0.752. The van der Waals surface area contributed by atoms with Gasteiger partial charge in [-0.25, -0.2) is 13.1 Å². The molecule has 0 bridgehead atoms. The fourth-order valence-electron chi connectivity index (χ4n) is 2.19. The van der Waals surface area contributed by atoms with Crippen molar-refractivity contribution in [3.8, 4) is 0 Å². The van der Waals surface area contributed by atoms with Crippen LogP contribution in [0.25, 0.3) is 0 Å². The highest BCUT2D eigenvalue weighted by atomic mass is 32.2. The van der Waals surface area contributed by atoms with Crippen molar-refractivity contribution in [1.29, 1.82) is 0 Å². The molecule has 1 unspecified atom stereocenters. The van der Waals surface area contributed by atoms with Crippen molar-refractivity contribution >= 4 is 15.9 Å². The first-order valence-corrected chi connectivity index (χ1v) is 8.00. The average Bonchev–Trinajstić information content (AvgIpc) is 2.48. The maximum Gasteiger partial charge on any atom is 0.239 e. The molecule has 2 rings (SSSR count). The Bertz CT molecular complexity index is 561. The summed E-state index contributed by atoms with van der Waals surface area (Å²) in [6.45, 7) is 1.73. The number of piperazine rings is 1. The first-order chi connectivity index (χ1) is 9.53. The number of carbonyl (C=O) groups excluding carboxylic acids is 1. The predicted octanol–water partition coefficient (Wildman–Crippen LogP) is -0.896. The minimum absolute atomic E-state index is 0.183. The van der Waals surface area contributed by atoms with Crippen LogP contribution in [0.1, 0.15) is 11.6 Å². The van der Waals surface area contributed by atoms with Crippen LogP contribution in [0, 0.1) is 0 Å². The highest BCUT2D eigenvalue weighted by molar-refractivity contribution is 7.90. The Hall–Kier alpha value is -1.51. The summed E-state index contributed by atoms with van der Waals surface area (Å²) in [5.74, 6) is -0.921. The maximum atomic E-state index is 12.2. The lowest BCUT2D eigenvalue weighted by molar-refractivity contribution is -0.131. The van der Waals surface area contributed by atoms with Crippen molar-refractivity contribution in [3.05, 3.63) is 30.1 Å². The van der Waals surface area contributed by atoms with Crippen LogP contribution in [0.3, 0.4) is 0 Å². The normalized spacial score (nSPS) is 19.9. The zero-order valence-electron chi connectivity index (χ0n) is 11.2. The standard InChI is InChI=1S/C12H18N4O3S/c1-13-20(18,19)9-12(17)16-6-5-15-8-11(16)10-3-2-4-14-7-10/h2-4,7,11,13,15H,5-6,8-9H2,1H3. The molecule has 0 radical (unpaired) electrons. The van der Waals surface area contributed by atoms with E-state index in [1.54, 1.807) is 23.4 Å². The lowest BCUT2D eigenvalue weighted by Crippen LogP contribution is -2.50. The van der Waals surface area contributed by atoms with Gasteiger partial charge in [-0.15, -0.1) is 0 Å². The van der Waals surface area contributed by atoms with E-state index in [9.17, 15) is 13.2 Å². The fraction of sp³-hybridized carbons (Fsp3) is 0.500. The van der Waals surface area contributed by atoms with Crippen molar-refractivity contribution in [3.63, 3.8) is 0 Å². The topological polar surface area (TPSA) is 91.4 Å². The molecule has 1 aromatic rings. The Morgan fingerprint density at radius 1 is 1.60 bits per heavy atom. The van der Waals surface area contributed by atoms with Crippen LogP contribution in [0.15, 0.2) is 24.5 Å². The summed E-state index contributed by atoms with van der Waals surface area (Å²) >= 11 is 0. The molecule has 1 aliphatic rings. The first-order valence-electron chi connectivity index (χ1n) is 6.35. The van der Waals surface area contributed by atoms with Crippen molar-refractivity contribution in [2.24, 2.45) is 0 Å². The molecule has 0 aromatic carbocycles. The van der Waals surface area contributed by atoms with Crippen molar-refractivity contribution in [2.45, 2.75) is 6.04 Å². The Morgan fingerprint density at radius 3 is 3.05 bits per heavy atom. The first kappa shape index (κ1) is 14.9. The van der Waals surface area contributed by atoms with Gasteiger partial charge in [0, 0.05) is 32.0 Å². The van der Waals surface area contributed by atoms with Gasteiger partial charge in [-0.3, -0.25) is 9.78 Å². The number of hydrogen-bond acceptors (Lipinski definition) is 5. The van der Waals surface area contributed by atoms with E-state index in [-0.39, 0.29) is 6.04 Å². The van der Waals surface area contributed by atoms with Gasteiger partial charge in [0.1, 0.15) is 5.75 Å². The number of rotatable bonds is 4. The van der Waals surface area contributed by atoms with Crippen LogP contribution in [0.5, 0.6) is 0 Å². The molecular weight excluding hydrogens is 280 g/mol. The van der Waals surface area contributed by atoms with Gasteiger partial charge in [0.25, 0.3) is 0 Å². The molecule has 7 nitrogen and oxygen atoms in total. The third-order valence-corrected chi connectivity index (χ3v) is 4.51. The number of amides is 1. The summed E-state index contributed by atoms with van der Waals surface area (Å²) in [7, 11) is -2.25. The zero-order valence-corrected chi connectivity index (χ0v) is 12.1. The third-order valence-electron chi connectivity index (χ3n) is 3.26. The highest BCUT2D eigenvalue weighted by Gasteiger charge is 2.30. The summed E-state index contributed by atoms with van der Waals surface area (Å²) in [6.07, 6.45) is 3.36. The van der Waals surface area contributed by atoms with Gasteiger partial charge < -0.3 is 10.2 Å². The van der Waals surface area contributed by atoms with Gasteiger partial charge in [0.05, 0.1) is 6.04 Å². The van der Waals surface area contributed by atoms with E-state index >= 15 is 0 Å². The van der Waals surface area contributed by atoms with E-state index in [0.29, 0.717) is 19.6 Å². The van der Waals surface area contributed by atoms with Crippen LogP contribution in [-0.2, 0) is 14.8 Å². The molecule has 0 spiro atoms.